The molecule has 0 aromatic heterocycles. The molecular weight excluding hydrogens is 266 g/mol. The van der Waals surface area contributed by atoms with Crippen LogP contribution < -0.4 is 0 Å². The third kappa shape index (κ3) is 5.81. The molecule has 4 nitrogen and oxygen atoms in total. The number of rotatable bonds is 6. The van der Waals surface area contributed by atoms with Crippen molar-refractivity contribution in [2.24, 2.45) is 5.92 Å². The summed E-state index contributed by atoms with van der Waals surface area (Å²) in [5, 5.41) is 8.67. The summed E-state index contributed by atoms with van der Waals surface area (Å²) in [6.07, 6.45) is 3.53. The van der Waals surface area contributed by atoms with Crippen LogP contribution in [-0.4, -0.2) is 35.5 Å². The van der Waals surface area contributed by atoms with Gasteiger partial charge in [0.15, 0.2) is 0 Å². The van der Waals surface area contributed by atoms with Gasteiger partial charge < -0.3 is 10.0 Å². The maximum atomic E-state index is 12.4. The van der Waals surface area contributed by atoms with E-state index in [4.69, 9.17) is 5.11 Å². The van der Waals surface area contributed by atoms with E-state index in [0.717, 1.165) is 23.6 Å². The summed E-state index contributed by atoms with van der Waals surface area (Å²) in [5.74, 6) is -0.491. The number of aryl methyl sites for hydroxylation is 1. The van der Waals surface area contributed by atoms with Crippen molar-refractivity contribution in [2.75, 3.05) is 13.6 Å². The number of carbonyl (C=O) groups is 2. The number of hydrogen-bond acceptors (Lipinski definition) is 2. The van der Waals surface area contributed by atoms with Gasteiger partial charge in [0.05, 0.1) is 0 Å². The Bertz CT molecular complexity index is 547. The van der Waals surface area contributed by atoms with Crippen molar-refractivity contribution in [3.05, 3.63) is 41.0 Å². The van der Waals surface area contributed by atoms with Crippen LogP contribution in [-0.2, 0) is 4.79 Å². The zero-order valence-corrected chi connectivity index (χ0v) is 13.1. The predicted octanol–water partition coefficient (Wildman–Crippen LogP) is 3.21. The molecule has 0 saturated heterocycles. The highest BCUT2D eigenvalue weighted by Crippen LogP contribution is 2.14. The zero-order valence-electron chi connectivity index (χ0n) is 13.1. The molecule has 0 heterocycles. The highest BCUT2D eigenvalue weighted by molar-refractivity contribution is 5.95. The minimum absolute atomic E-state index is 0.0377. The first-order chi connectivity index (χ1) is 9.79. The van der Waals surface area contributed by atoms with E-state index in [0.29, 0.717) is 18.0 Å². The lowest BCUT2D eigenvalue weighted by atomic mass is 10.0. The lowest BCUT2D eigenvalue weighted by Gasteiger charge is -2.19. The van der Waals surface area contributed by atoms with Crippen molar-refractivity contribution in [3.63, 3.8) is 0 Å². The summed E-state index contributed by atoms with van der Waals surface area (Å²) in [4.78, 5) is 24.7. The van der Waals surface area contributed by atoms with Gasteiger partial charge in [-0.1, -0.05) is 19.9 Å². The van der Waals surface area contributed by atoms with Gasteiger partial charge in [0.25, 0.3) is 5.91 Å². The fourth-order valence-electron chi connectivity index (χ4n) is 1.97. The Kier molecular flexibility index (Phi) is 6.15. The topological polar surface area (TPSA) is 57.6 Å². The van der Waals surface area contributed by atoms with Crippen molar-refractivity contribution in [1.82, 2.24) is 4.90 Å². The number of hydrogen-bond donors (Lipinski definition) is 1. The van der Waals surface area contributed by atoms with E-state index in [9.17, 15) is 9.59 Å². The van der Waals surface area contributed by atoms with Crippen molar-refractivity contribution in [2.45, 2.75) is 27.2 Å². The number of carboxylic acids is 1. The Hall–Kier alpha value is -2.10. The molecule has 114 valence electrons. The van der Waals surface area contributed by atoms with Crippen molar-refractivity contribution >= 4 is 18.0 Å². The van der Waals surface area contributed by atoms with E-state index < -0.39 is 5.97 Å². The molecule has 0 fully saturated rings. The first-order valence-corrected chi connectivity index (χ1v) is 7.07. The lowest BCUT2D eigenvalue weighted by molar-refractivity contribution is -0.131. The summed E-state index contributed by atoms with van der Waals surface area (Å²) in [5.41, 5.74) is 2.24. The fraction of sp³-hybridized carbons (Fsp3) is 0.412. The summed E-state index contributed by atoms with van der Waals surface area (Å²) in [6.45, 7) is 6.85. The molecule has 1 aromatic rings. The Labute approximate surface area is 126 Å². The van der Waals surface area contributed by atoms with E-state index in [2.05, 4.69) is 13.8 Å². The molecule has 1 aromatic carbocycles. The number of aliphatic carboxylic acids is 1. The monoisotopic (exact) mass is 289 g/mol. The molecule has 1 amide bonds. The van der Waals surface area contributed by atoms with E-state index in [1.807, 2.05) is 19.1 Å². The number of nitrogens with zero attached hydrogens (tertiary/aromatic N) is 1. The van der Waals surface area contributed by atoms with E-state index in [1.165, 1.54) is 6.08 Å². The first-order valence-electron chi connectivity index (χ1n) is 7.07. The average Bonchev–Trinajstić information content (AvgIpc) is 2.41. The second-order valence-electron chi connectivity index (χ2n) is 5.71. The van der Waals surface area contributed by atoms with Crippen LogP contribution in [0, 0.1) is 12.8 Å². The number of carbonyl (C=O) groups excluding carboxylic acids is 1. The molecule has 21 heavy (non-hydrogen) atoms. The maximum absolute atomic E-state index is 12.4. The highest BCUT2D eigenvalue weighted by atomic mass is 16.4. The van der Waals surface area contributed by atoms with E-state index in [-0.39, 0.29) is 5.91 Å². The Balaban J connectivity index is 2.91. The summed E-state index contributed by atoms with van der Waals surface area (Å²) in [7, 11) is 1.79. The van der Waals surface area contributed by atoms with Crippen LogP contribution in [0.4, 0.5) is 0 Å². The lowest BCUT2D eigenvalue weighted by Crippen LogP contribution is -2.28. The van der Waals surface area contributed by atoms with Gasteiger partial charge in [-0.3, -0.25) is 4.79 Å². The predicted molar refractivity (Wildman–Crippen MR) is 84.3 cm³/mol. The molecule has 4 heteroatoms. The molecule has 0 atom stereocenters. The molecule has 0 radical (unpaired) electrons. The molecule has 0 unspecified atom stereocenters. The average molecular weight is 289 g/mol. The Morgan fingerprint density at radius 1 is 1.29 bits per heavy atom. The molecule has 1 N–H and O–H groups in total. The van der Waals surface area contributed by atoms with Crippen molar-refractivity contribution in [1.29, 1.82) is 0 Å². The van der Waals surface area contributed by atoms with Gasteiger partial charge in [-0.05, 0) is 48.6 Å². The third-order valence-electron chi connectivity index (χ3n) is 3.15. The standard InChI is InChI=1S/C17H23NO3/c1-12(2)7-8-18(4)17(21)15-10-13(3)9-14(11-15)5-6-16(19)20/h5-6,9-12H,7-8H2,1-4H3,(H,19,20)/b6-5+. The van der Waals surface area contributed by atoms with E-state index in [1.54, 1.807) is 18.0 Å². The normalized spacial score (nSPS) is 11.1. The smallest absolute Gasteiger partial charge is 0.328 e. The van der Waals surface area contributed by atoms with Gasteiger partial charge >= 0.3 is 5.97 Å². The van der Waals surface area contributed by atoms with Crippen LogP contribution in [0.15, 0.2) is 24.3 Å². The maximum Gasteiger partial charge on any atom is 0.328 e. The summed E-state index contributed by atoms with van der Waals surface area (Å²) in [6, 6.07) is 5.40. The van der Waals surface area contributed by atoms with Gasteiger partial charge in [0.1, 0.15) is 0 Å². The molecule has 0 saturated carbocycles. The molecule has 0 bridgehead atoms. The Morgan fingerprint density at radius 2 is 1.95 bits per heavy atom. The van der Waals surface area contributed by atoms with Gasteiger partial charge in [0, 0.05) is 25.2 Å². The molecular formula is C17H23NO3. The molecule has 0 aliphatic carbocycles. The highest BCUT2D eigenvalue weighted by Gasteiger charge is 2.12. The van der Waals surface area contributed by atoms with Crippen molar-refractivity contribution < 1.29 is 14.7 Å². The van der Waals surface area contributed by atoms with Crippen LogP contribution in [0.3, 0.4) is 0 Å². The van der Waals surface area contributed by atoms with Gasteiger partial charge in [-0.15, -0.1) is 0 Å². The number of amides is 1. The first kappa shape index (κ1) is 17.0. The zero-order chi connectivity index (χ0) is 16.0. The minimum Gasteiger partial charge on any atom is -0.478 e. The Morgan fingerprint density at radius 3 is 2.52 bits per heavy atom. The largest absolute Gasteiger partial charge is 0.478 e. The SMILES string of the molecule is Cc1cc(/C=C/C(=O)O)cc(C(=O)N(C)CCC(C)C)c1. The van der Waals surface area contributed by atoms with E-state index >= 15 is 0 Å². The van der Waals surface area contributed by atoms with Gasteiger partial charge in [-0.25, -0.2) is 4.79 Å². The second kappa shape index (κ2) is 7.62. The third-order valence-corrected chi connectivity index (χ3v) is 3.15. The van der Waals surface area contributed by atoms with Crippen LogP contribution in [0.25, 0.3) is 6.08 Å². The quantitative estimate of drug-likeness (QED) is 0.818. The number of benzene rings is 1. The molecule has 0 spiro atoms. The van der Waals surface area contributed by atoms with Crippen molar-refractivity contribution in [3.8, 4) is 0 Å². The minimum atomic E-state index is -1.00. The van der Waals surface area contributed by atoms with Gasteiger partial charge in [-0.2, -0.15) is 0 Å². The van der Waals surface area contributed by atoms with Crippen LogP contribution in [0.2, 0.25) is 0 Å². The molecule has 0 aliphatic heterocycles. The summed E-state index contributed by atoms with van der Waals surface area (Å²) < 4.78 is 0. The van der Waals surface area contributed by atoms with Crippen LogP contribution in [0.5, 0.6) is 0 Å². The summed E-state index contributed by atoms with van der Waals surface area (Å²) >= 11 is 0. The molecule has 0 aliphatic rings. The van der Waals surface area contributed by atoms with Gasteiger partial charge in [0.2, 0.25) is 0 Å². The van der Waals surface area contributed by atoms with Crippen LogP contribution in [0.1, 0.15) is 41.8 Å². The number of carboxylic acid groups (broad SMARTS) is 1. The fourth-order valence-corrected chi connectivity index (χ4v) is 1.97. The second-order valence-corrected chi connectivity index (χ2v) is 5.71. The van der Waals surface area contributed by atoms with Crippen LogP contribution >= 0.6 is 0 Å². The molecule has 1 rings (SSSR count).